The van der Waals surface area contributed by atoms with Gasteiger partial charge in [-0.05, 0) is 81.7 Å². The van der Waals surface area contributed by atoms with E-state index in [1.54, 1.807) is 0 Å². The third kappa shape index (κ3) is 4.93. The van der Waals surface area contributed by atoms with Crippen molar-refractivity contribution in [3.05, 3.63) is 78.2 Å². The molecule has 0 radical (unpaired) electrons. The van der Waals surface area contributed by atoms with Crippen LogP contribution in [0.3, 0.4) is 0 Å². The van der Waals surface area contributed by atoms with Gasteiger partial charge in [0.2, 0.25) is 5.95 Å². The van der Waals surface area contributed by atoms with Gasteiger partial charge in [0.05, 0.1) is 11.4 Å². The first-order valence-electron chi connectivity index (χ1n) is 12.8. The summed E-state index contributed by atoms with van der Waals surface area (Å²) in [6, 6.07) is 22.3. The van der Waals surface area contributed by atoms with Crippen LogP contribution >= 0.6 is 0 Å². The van der Waals surface area contributed by atoms with Crippen LogP contribution < -0.4 is 10.1 Å². The number of aryl methyl sites for hydroxylation is 2. The van der Waals surface area contributed by atoms with Crippen LogP contribution in [-0.4, -0.2) is 50.9 Å². The number of aromatic nitrogens is 4. The van der Waals surface area contributed by atoms with Crippen LogP contribution in [0.1, 0.15) is 24.3 Å². The van der Waals surface area contributed by atoms with E-state index in [2.05, 4.69) is 44.6 Å². The fraction of sp³-hybridized carbons (Fsp3) is 0.276. The third-order valence-electron chi connectivity index (χ3n) is 6.85. The van der Waals surface area contributed by atoms with E-state index in [9.17, 15) is 0 Å². The molecule has 4 heterocycles. The number of nitrogens with one attached hydrogen (secondary N) is 1. The number of pyridine rings is 1. The molecule has 3 aromatic heterocycles. The molecule has 1 N–H and O–H groups in total. The Bertz CT molecular complexity index is 1480. The summed E-state index contributed by atoms with van der Waals surface area (Å²) in [5.74, 6) is 2.23. The van der Waals surface area contributed by atoms with Crippen LogP contribution in [-0.2, 0) is 0 Å². The average Bonchev–Trinajstić information content (AvgIpc) is 3.65. The van der Waals surface area contributed by atoms with E-state index in [4.69, 9.17) is 14.4 Å². The van der Waals surface area contributed by atoms with Crippen LogP contribution in [0.2, 0.25) is 0 Å². The second-order valence-corrected chi connectivity index (χ2v) is 9.44. The molecule has 0 atom stereocenters. The van der Waals surface area contributed by atoms with Crippen molar-refractivity contribution < 1.29 is 9.26 Å². The molecule has 1 saturated heterocycles. The van der Waals surface area contributed by atoms with Crippen LogP contribution in [0.5, 0.6) is 5.75 Å². The first kappa shape index (κ1) is 23.2. The Kier molecular flexibility index (Phi) is 6.32. The van der Waals surface area contributed by atoms with Crippen LogP contribution in [0.4, 0.5) is 11.6 Å². The first-order valence-corrected chi connectivity index (χ1v) is 12.8. The van der Waals surface area contributed by atoms with Gasteiger partial charge >= 0.3 is 0 Å². The molecule has 8 heteroatoms. The van der Waals surface area contributed by atoms with Gasteiger partial charge in [-0.1, -0.05) is 35.5 Å². The molecular weight excluding hydrogens is 464 g/mol. The highest BCUT2D eigenvalue weighted by Gasteiger charge is 2.14. The molecule has 1 fully saturated rings. The van der Waals surface area contributed by atoms with Crippen LogP contribution in [0.25, 0.3) is 28.0 Å². The first-order chi connectivity index (χ1) is 18.1. The molecule has 37 heavy (non-hydrogen) atoms. The van der Waals surface area contributed by atoms with Gasteiger partial charge in [-0.15, -0.1) is 5.10 Å². The van der Waals surface area contributed by atoms with Crippen molar-refractivity contribution in [1.82, 2.24) is 24.7 Å². The van der Waals surface area contributed by atoms with Crippen molar-refractivity contribution in [3.8, 4) is 28.1 Å². The number of fused-ring (bicyclic) bond motifs is 1. The molecule has 1 aliphatic heterocycles. The molecule has 6 rings (SSSR count). The van der Waals surface area contributed by atoms with E-state index in [0.29, 0.717) is 12.6 Å². The molecule has 0 saturated carbocycles. The van der Waals surface area contributed by atoms with Crippen molar-refractivity contribution in [2.24, 2.45) is 0 Å². The Labute approximate surface area is 215 Å². The van der Waals surface area contributed by atoms with E-state index in [-0.39, 0.29) is 0 Å². The summed E-state index contributed by atoms with van der Waals surface area (Å²) in [6.45, 7) is 7.96. The van der Waals surface area contributed by atoms with Gasteiger partial charge < -0.3 is 14.6 Å². The highest BCUT2D eigenvalue weighted by molar-refractivity contribution is 5.72. The zero-order valence-electron chi connectivity index (χ0n) is 21.1. The maximum absolute atomic E-state index is 5.92. The summed E-state index contributed by atoms with van der Waals surface area (Å²) in [7, 11) is 0. The topological polar surface area (TPSA) is 80.7 Å². The number of likely N-dealkylation sites (tertiary alicyclic amines) is 1. The largest absolute Gasteiger partial charge is 0.492 e. The molecule has 0 spiro atoms. The Balaban J connectivity index is 1.16. The minimum absolute atomic E-state index is 0.544. The minimum atomic E-state index is 0.544. The zero-order chi connectivity index (χ0) is 25.2. The van der Waals surface area contributed by atoms with Crippen molar-refractivity contribution in [2.75, 3.05) is 31.6 Å². The van der Waals surface area contributed by atoms with Gasteiger partial charge in [0.1, 0.15) is 18.1 Å². The molecule has 188 valence electrons. The van der Waals surface area contributed by atoms with Crippen molar-refractivity contribution >= 4 is 17.3 Å². The molecule has 0 aliphatic carbocycles. The van der Waals surface area contributed by atoms with Gasteiger partial charge in [-0.2, -0.15) is 4.98 Å². The third-order valence-corrected chi connectivity index (χ3v) is 6.85. The summed E-state index contributed by atoms with van der Waals surface area (Å²) < 4.78 is 13.1. The number of hydrogen-bond donors (Lipinski definition) is 1. The summed E-state index contributed by atoms with van der Waals surface area (Å²) in [4.78, 5) is 7.13. The van der Waals surface area contributed by atoms with E-state index in [1.165, 1.54) is 25.9 Å². The Hall–Kier alpha value is -4.17. The zero-order valence-corrected chi connectivity index (χ0v) is 21.1. The minimum Gasteiger partial charge on any atom is -0.492 e. The quantitative estimate of drug-likeness (QED) is 0.288. The van der Waals surface area contributed by atoms with E-state index < -0.39 is 0 Å². The predicted octanol–water partition coefficient (Wildman–Crippen LogP) is 5.89. The molecular formula is C29H30N6O2. The van der Waals surface area contributed by atoms with Gasteiger partial charge in [0.15, 0.2) is 5.65 Å². The molecule has 8 nitrogen and oxygen atoms in total. The second-order valence-electron chi connectivity index (χ2n) is 9.44. The van der Waals surface area contributed by atoms with Gasteiger partial charge in [0, 0.05) is 23.4 Å². The smallest absolute Gasteiger partial charge is 0.247 e. The molecule has 2 aromatic carbocycles. The fourth-order valence-corrected chi connectivity index (χ4v) is 4.94. The van der Waals surface area contributed by atoms with E-state index in [1.807, 2.05) is 60.8 Å². The molecule has 0 unspecified atom stereocenters. The Morgan fingerprint density at radius 3 is 2.41 bits per heavy atom. The van der Waals surface area contributed by atoms with Gasteiger partial charge in [-0.3, -0.25) is 4.90 Å². The second kappa shape index (κ2) is 10.1. The average molecular weight is 495 g/mol. The fourth-order valence-electron chi connectivity index (χ4n) is 4.94. The number of anilines is 2. The lowest BCUT2D eigenvalue weighted by Gasteiger charge is -2.15. The van der Waals surface area contributed by atoms with Crippen molar-refractivity contribution in [1.29, 1.82) is 0 Å². The van der Waals surface area contributed by atoms with E-state index >= 15 is 0 Å². The lowest BCUT2D eigenvalue weighted by Crippen LogP contribution is -2.25. The lowest BCUT2D eigenvalue weighted by atomic mass is 10.0. The molecule has 0 amide bonds. The summed E-state index contributed by atoms with van der Waals surface area (Å²) in [5.41, 5.74) is 6.71. The number of rotatable bonds is 8. The van der Waals surface area contributed by atoms with Crippen molar-refractivity contribution in [2.45, 2.75) is 26.7 Å². The highest BCUT2D eigenvalue weighted by Crippen LogP contribution is 2.30. The molecule has 5 aromatic rings. The molecule has 0 bridgehead atoms. The predicted molar refractivity (Wildman–Crippen MR) is 144 cm³/mol. The van der Waals surface area contributed by atoms with Crippen LogP contribution in [0.15, 0.2) is 71.3 Å². The SMILES string of the molecule is Cc1noc(C)c1-c1ccc(-c2cccc3nc(Nc4ccc(OCCN5CCCC5)cc4)nn23)cc1. The number of benzene rings is 2. The van der Waals surface area contributed by atoms with E-state index in [0.717, 1.165) is 57.5 Å². The number of ether oxygens (including phenoxy) is 1. The standard InChI is InChI=1S/C29H30N6O2/c1-20-28(21(2)37-33-20)23-10-8-22(9-11-23)26-6-5-7-27-31-29(32-35(26)27)30-24-12-14-25(15-13-24)36-19-18-34-16-3-4-17-34/h5-15H,3-4,16-19H2,1-2H3,(H,30,32). The normalized spacial score (nSPS) is 13.9. The monoisotopic (exact) mass is 494 g/mol. The lowest BCUT2D eigenvalue weighted by molar-refractivity contribution is 0.238. The van der Waals surface area contributed by atoms with Crippen molar-refractivity contribution in [3.63, 3.8) is 0 Å². The van der Waals surface area contributed by atoms with Gasteiger partial charge in [0.25, 0.3) is 0 Å². The summed E-state index contributed by atoms with van der Waals surface area (Å²) in [5, 5.41) is 12.1. The number of hydrogen-bond acceptors (Lipinski definition) is 7. The molecule has 1 aliphatic rings. The maximum Gasteiger partial charge on any atom is 0.247 e. The maximum atomic E-state index is 5.92. The van der Waals surface area contributed by atoms with Crippen LogP contribution in [0, 0.1) is 13.8 Å². The summed E-state index contributed by atoms with van der Waals surface area (Å²) in [6.07, 6.45) is 2.60. The Morgan fingerprint density at radius 2 is 1.68 bits per heavy atom. The highest BCUT2D eigenvalue weighted by atomic mass is 16.5. The number of nitrogens with zero attached hydrogens (tertiary/aromatic N) is 5. The summed E-state index contributed by atoms with van der Waals surface area (Å²) >= 11 is 0. The Morgan fingerprint density at radius 1 is 0.919 bits per heavy atom. The van der Waals surface area contributed by atoms with Gasteiger partial charge in [-0.25, -0.2) is 4.52 Å².